The molecule has 1 atom stereocenters. The van der Waals surface area contributed by atoms with Gasteiger partial charge in [0.25, 0.3) is 0 Å². The van der Waals surface area contributed by atoms with Crippen molar-refractivity contribution in [1.82, 2.24) is 0 Å². The Balaban J connectivity index is 4.24. The van der Waals surface area contributed by atoms with Gasteiger partial charge in [-0.2, -0.15) is 0 Å². The average Bonchev–Trinajstić information content (AvgIpc) is 3.39. The van der Waals surface area contributed by atoms with E-state index in [-0.39, 0.29) is 31.1 Å². The third-order valence-corrected chi connectivity index (χ3v) is 15.3. The first kappa shape index (κ1) is 71.2. The van der Waals surface area contributed by atoms with Gasteiger partial charge >= 0.3 is 17.9 Å². The maximum absolute atomic E-state index is 12.9. The maximum Gasteiger partial charge on any atom is 0.306 e. The number of hydrogen-bond acceptors (Lipinski definition) is 6. The Hall–Kier alpha value is -1.85. The predicted molar refractivity (Wildman–Crippen MR) is 317 cm³/mol. The third-order valence-electron chi connectivity index (χ3n) is 15.3. The maximum atomic E-state index is 12.9. The number of ether oxygens (including phenoxy) is 3. The Kier molecular flexibility index (Phi) is 61.1. The summed E-state index contributed by atoms with van der Waals surface area (Å²) in [4.78, 5) is 38.3. The second-order valence-corrected chi connectivity index (χ2v) is 22.7. The molecule has 0 heterocycles. The summed E-state index contributed by atoms with van der Waals surface area (Å²) in [6, 6.07) is 0. The standard InChI is InChI=1S/C67H128O6/c1-4-7-10-13-16-19-22-25-27-29-31-33-35-37-39-42-45-48-51-54-57-60-66(69)72-63-64(62-71-65(68)59-56-53-50-47-44-41-24-21-18-15-12-9-6-3)73-67(70)61-58-55-52-49-46-43-40-38-36-34-32-30-28-26-23-20-17-14-11-8-5-2/h21,24,64H,4-20,22-23,25-63H2,1-3H3/b24-21-/t64-/m1/s1. The van der Waals surface area contributed by atoms with Crippen LogP contribution < -0.4 is 0 Å². The van der Waals surface area contributed by atoms with Crippen LogP contribution in [-0.2, 0) is 28.6 Å². The summed E-state index contributed by atoms with van der Waals surface area (Å²) in [6.07, 6.45) is 73.7. The molecule has 0 unspecified atom stereocenters. The first-order valence-electron chi connectivity index (χ1n) is 33.2. The van der Waals surface area contributed by atoms with Crippen molar-refractivity contribution in [2.45, 2.75) is 386 Å². The molecule has 0 amide bonds. The van der Waals surface area contributed by atoms with Gasteiger partial charge in [-0.3, -0.25) is 14.4 Å². The van der Waals surface area contributed by atoms with Crippen molar-refractivity contribution < 1.29 is 28.6 Å². The van der Waals surface area contributed by atoms with E-state index >= 15 is 0 Å². The first-order chi connectivity index (χ1) is 36.0. The van der Waals surface area contributed by atoms with Crippen LogP contribution in [0.4, 0.5) is 0 Å². The van der Waals surface area contributed by atoms with Gasteiger partial charge in [0.2, 0.25) is 0 Å². The van der Waals surface area contributed by atoms with Crippen molar-refractivity contribution >= 4 is 17.9 Å². The van der Waals surface area contributed by atoms with Crippen molar-refractivity contribution in [3.63, 3.8) is 0 Å². The zero-order valence-corrected chi connectivity index (χ0v) is 49.7. The van der Waals surface area contributed by atoms with Crippen LogP contribution in [0.5, 0.6) is 0 Å². The predicted octanol–water partition coefficient (Wildman–Crippen LogP) is 22.4. The van der Waals surface area contributed by atoms with Crippen LogP contribution in [0.2, 0.25) is 0 Å². The molecule has 0 saturated heterocycles. The normalized spacial score (nSPS) is 12.0. The zero-order valence-electron chi connectivity index (χ0n) is 49.7. The van der Waals surface area contributed by atoms with Gasteiger partial charge < -0.3 is 14.2 Å². The molecule has 73 heavy (non-hydrogen) atoms. The largest absolute Gasteiger partial charge is 0.462 e. The lowest BCUT2D eigenvalue weighted by atomic mass is 10.0. The molecule has 0 fully saturated rings. The number of allylic oxidation sites excluding steroid dienone is 2. The molecule has 0 rings (SSSR count). The molecule has 0 N–H and O–H groups in total. The van der Waals surface area contributed by atoms with Crippen molar-refractivity contribution in [1.29, 1.82) is 0 Å². The quantitative estimate of drug-likeness (QED) is 0.0261. The Morgan fingerprint density at radius 2 is 0.452 bits per heavy atom. The lowest BCUT2D eigenvalue weighted by Gasteiger charge is -2.18. The smallest absolute Gasteiger partial charge is 0.306 e. The molecule has 0 aliphatic rings. The molecule has 432 valence electrons. The summed E-state index contributed by atoms with van der Waals surface area (Å²) >= 11 is 0. The monoisotopic (exact) mass is 1030 g/mol. The van der Waals surface area contributed by atoms with Crippen LogP contribution in [0.1, 0.15) is 380 Å². The number of carbonyl (C=O) groups is 3. The first-order valence-corrected chi connectivity index (χ1v) is 33.2. The third kappa shape index (κ3) is 60.9. The van der Waals surface area contributed by atoms with Gasteiger partial charge in [0.15, 0.2) is 6.10 Å². The van der Waals surface area contributed by atoms with Crippen LogP contribution in [0.3, 0.4) is 0 Å². The molecular weight excluding hydrogens is 901 g/mol. The lowest BCUT2D eigenvalue weighted by molar-refractivity contribution is -0.167. The molecule has 0 aliphatic carbocycles. The second-order valence-electron chi connectivity index (χ2n) is 22.7. The van der Waals surface area contributed by atoms with Crippen LogP contribution >= 0.6 is 0 Å². The van der Waals surface area contributed by atoms with Crippen LogP contribution in [0, 0.1) is 0 Å². The van der Waals surface area contributed by atoms with Crippen molar-refractivity contribution in [2.75, 3.05) is 13.2 Å². The van der Waals surface area contributed by atoms with E-state index in [0.717, 1.165) is 64.2 Å². The number of rotatable bonds is 62. The molecule has 0 aliphatic heterocycles. The topological polar surface area (TPSA) is 78.9 Å². The summed E-state index contributed by atoms with van der Waals surface area (Å²) in [5, 5.41) is 0. The van der Waals surface area contributed by atoms with E-state index in [2.05, 4.69) is 32.9 Å². The molecule has 0 aromatic heterocycles. The van der Waals surface area contributed by atoms with E-state index in [0.29, 0.717) is 19.3 Å². The highest BCUT2D eigenvalue weighted by atomic mass is 16.6. The van der Waals surface area contributed by atoms with E-state index in [1.807, 2.05) is 0 Å². The Morgan fingerprint density at radius 1 is 0.260 bits per heavy atom. The van der Waals surface area contributed by atoms with E-state index in [4.69, 9.17) is 14.2 Å². The summed E-state index contributed by atoms with van der Waals surface area (Å²) in [7, 11) is 0. The zero-order chi connectivity index (χ0) is 52.9. The van der Waals surface area contributed by atoms with E-state index in [1.54, 1.807) is 0 Å². The highest BCUT2D eigenvalue weighted by Crippen LogP contribution is 2.19. The summed E-state index contributed by atoms with van der Waals surface area (Å²) in [5.74, 6) is -0.843. The van der Waals surface area contributed by atoms with Gasteiger partial charge in [-0.25, -0.2) is 0 Å². The minimum absolute atomic E-state index is 0.0659. The molecule has 0 radical (unpaired) electrons. The fourth-order valence-corrected chi connectivity index (χ4v) is 10.3. The van der Waals surface area contributed by atoms with E-state index < -0.39 is 6.10 Å². The fraction of sp³-hybridized carbons (Fsp3) is 0.925. The van der Waals surface area contributed by atoms with Gasteiger partial charge in [-0.05, 0) is 44.9 Å². The van der Waals surface area contributed by atoms with Gasteiger partial charge in [-0.1, -0.05) is 328 Å². The number of hydrogen-bond donors (Lipinski definition) is 0. The minimum atomic E-state index is -0.769. The highest BCUT2D eigenvalue weighted by molar-refractivity contribution is 5.71. The fourth-order valence-electron chi connectivity index (χ4n) is 10.3. The van der Waals surface area contributed by atoms with Crippen LogP contribution in [0.25, 0.3) is 0 Å². The number of unbranched alkanes of at least 4 members (excludes halogenated alkanes) is 49. The molecule has 0 aromatic rings. The van der Waals surface area contributed by atoms with Crippen LogP contribution in [-0.4, -0.2) is 37.2 Å². The van der Waals surface area contributed by atoms with E-state index in [9.17, 15) is 14.4 Å². The summed E-state index contributed by atoms with van der Waals surface area (Å²) in [6.45, 7) is 6.70. The Morgan fingerprint density at radius 3 is 0.699 bits per heavy atom. The molecule has 0 aromatic carbocycles. The Labute approximate surface area is 456 Å². The van der Waals surface area contributed by atoms with Gasteiger partial charge in [-0.15, -0.1) is 0 Å². The summed E-state index contributed by atoms with van der Waals surface area (Å²) in [5.41, 5.74) is 0. The van der Waals surface area contributed by atoms with Crippen molar-refractivity contribution in [2.24, 2.45) is 0 Å². The Bertz CT molecular complexity index is 1130. The van der Waals surface area contributed by atoms with E-state index in [1.165, 1.54) is 276 Å². The van der Waals surface area contributed by atoms with Gasteiger partial charge in [0.05, 0.1) is 0 Å². The number of esters is 3. The number of carbonyl (C=O) groups excluding carboxylic acids is 3. The SMILES string of the molecule is CCCCCC/C=C\CCCCCCCC(=O)OC[C@H](COC(=O)CCCCCCCCCCCCCCCCCCCCCCC)OC(=O)CCCCCCCCCCCCCCCCCCCCCCC. The minimum Gasteiger partial charge on any atom is -0.462 e. The van der Waals surface area contributed by atoms with Crippen molar-refractivity contribution in [3.8, 4) is 0 Å². The lowest BCUT2D eigenvalue weighted by Crippen LogP contribution is -2.30. The van der Waals surface area contributed by atoms with Gasteiger partial charge in [0, 0.05) is 19.3 Å². The molecular formula is C67H128O6. The molecule has 0 spiro atoms. The average molecular weight is 1030 g/mol. The van der Waals surface area contributed by atoms with Crippen molar-refractivity contribution in [3.05, 3.63) is 12.2 Å². The van der Waals surface area contributed by atoms with Crippen LogP contribution in [0.15, 0.2) is 12.2 Å². The molecule has 6 heteroatoms. The highest BCUT2D eigenvalue weighted by Gasteiger charge is 2.19. The molecule has 0 saturated carbocycles. The van der Waals surface area contributed by atoms with Gasteiger partial charge in [0.1, 0.15) is 13.2 Å². The molecule has 6 nitrogen and oxygen atoms in total. The second kappa shape index (κ2) is 62.7. The summed E-state index contributed by atoms with van der Waals surface area (Å²) < 4.78 is 17.0. The molecule has 0 bridgehead atoms.